The normalized spacial score (nSPS) is 12.6. The summed E-state index contributed by atoms with van der Waals surface area (Å²) in [6.07, 6.45) is 0.154. The Morgan fingerprint density at radius 1 is 1.55 bits per heavy atom. The molecule has 0 radical (unpaired) electrons. The average molecular weight is 162 g/mol. The molecule has 0 bridgehead atoms. The molecule has 1 unspecified atom stereocenters. The van der Waals surface area contributed by atoms with E-state index in [4.69, 9.17) is 10.2 Å². The Labute approximate surface area is 65.8 Å². The van der Waals surface area contributed by atoms with Gasteiger partial charge in [-0.3, -0.25) is 4.79 Å². The van der Waals surface area contributed by atoms with Gasteiger partial charge in [0.1, 0.15) is 0 Å². The van der Waals surface area contributed by atoms with Crippen LogP contribution < -0.4 is 0 Å². The molecule has 0 saturated carbocycles. The van der Waals surface area contributed by atoms with Crippen LogP contribution in [0.3, 0.4) is 0 Å². The highest BCUT2D eigenvalue weighted by atomic mass is 16.5. The fourth-order valence-electron chi connectivity index (χ4n) is 0.632. The van der Waals surface area contributed by atoms with Crippen LogP contribution in [0.25, 0.3) is 0 Å². The number of carbonyl (C=O) groups is 1. The van der Waals surface area contributed by atoms with Crippen LogP contribution in [-0.2, 0) is 9.53 Å². The first-order chi connectivity index (χ1) is 5.16. The number of aliphatic hydroxyl groups is 2. The van der Waals surface area contributed by atoms with E-state index >= 15 is 0 Å². The zero-order valence-corrected chi connectivity index (χ0v) is 6.62. The summed E-state index contributed by atoms with van der Waals surface area (Å²) >= 11 is 0. The summed E-state index contributed by atoms with van der Waals surface area (Å²) in [4.78, 5) is 10.2. The van der Waals surface area contributed by atoms with Crippen molar-refractivity contribution in [2.45, 2.75) is 25.9 Å². The number of hydrogen-bond donors (Lipinski definition) is 2. The number of ether oxygens (including phenoxy) is 1. The van der Waals surface area contributed by atoms with Crippen LogP contribution in [0.15, 0.2) is 0 Å². The van der Waals surface area contributed by atoms with Crippen LogP contribution in [0, 0.1) is 0 Å². The van der Waals surface area contributed by atoms with Crippen molar-refractivity contribution in [3.63, 3.8) is 0 Å². The number of carbonyl (C=O) groups excluding carboxylic acids is 1. The molecule has 0 heterocycles. The van der Waals surface area contributed by atoms with Gasteiger partial charge in [-0.05, 0) is 6.42 Å². The van der Waals surface area contributed by atoms with Gasteiger partial charge in [-0.1, -0.05) is 0 Å². The third kappa shape index (κ3) is 7.29. The smallest absolute Gasteiger partial charge is 0.302 e. The van der Waals surface area contributed by atoms with Crippen molar-refractivity contribution in [3.05, 3.63) is 0 Å². The lowest BCUT2D eigenvalue weighted by molar-refractivity contribution is -0.141. The molecule has 0 fully saturated rings. The van der Waals surface area contributed by atoms with Crippen molar-refractivity contribution in [2.75, 3.05) is 13.2 Å². The standard InChI is InChI=1S/C7H14O4/c1-6(9)11-5-3-7(10)2-4-8/h7-8,10H,2-5H2,1H3. The quantitative estimate of drug-likeness (QED) is 0.544. The average Bonchev–Trinajstić information content (AvgIpc) is 1.87. The highest BCUT2D eigenvalue weighted by Gasteiger charge is 2.03. The minimum Gasteiger partial charge on any atom is -0.466 e. The van der Waals surface area contributed by atoms with Crippen LogP contribution in [0.4, 0.5) is 0 Å². The predicted octanol–water partition coefficient (Wildman–Crippen LogP) is -0.317. The number of hydrogen-bond acceptors (Lipinski definition) is 4. The highest BCUT2D eigenvalue weighted by Crippen LogP contribution is 1.96. The Kier molecular flexibility index (Phi) is 5.78. The van der Waals surface area contributed by atoms with E-state index in [2.05, 4.69) is 4.74 Å². The van der Waals surface area contributed by atoms with E-state index in [1.807, 2.05) is 0 Å². The molecule has 0 aromatic rings. The van der Waals surface area contributed by atoms with Crippen LogP contribution in [0.2, 0.25) is 0 Å². The molecule has 0 rings (SSSR count). The summed E-state index contributed by atoms with van der Waals surface area (Å²) in [5, 5.41) is 17.4. The van der Waals surface area contributed by atoms with Crippen molar-refractivity contribution in [1.82, 2.24) is 0 Å². The lowest BCUT2D eigenvalue weighted by Crippen LogP contribution is -2.13. The molecular weight excluding hydrogens is 148 g/mol. The van der Waals surface area contributed by atoms with Gasteiger partial charge in [0.05, 0.1) is 12.7 Å². The van der Waals surface area contributed by atoms with Crippen molar-refractivity contribution in [2.24, 2.45) is 0 Å². The van der Waals surface area contributed by atoms with Crippen molar-refractivity contribution < 1.29 is 19.7 Å². The van der Waals surface area contributed by atoms with E-state index in [0.29, 0.717) is 12.8 Å². The van der Waals surface area contributed by atoms with Gasteiger partial charge in [-0.25, -0.2) is 0 Å². The molecule has 4 nitrogen and oxygen atoms in total. The molecular formula is C7H14O4. The minimum absolute atomic E-state index is 0.0404. The van der Waals surface area contributed by atoms with Crippen molar-refractivity contribution in [1.29, 1.82) is 0 Å². The molecule has 0 amide bonds. The molecule has 4 heteroatoms. The van der Waals surface area contributed by atoms with Crippen LogP contribution >= 0.6 is 0 Å². The summed E-state index contributed by atoms with van der Waals surface area (Å²) in [7, 11) is 0. The third-order valence-corrected chi connectivity index (χ3v) is 1.22. The molecule has 66 valence electrons. The molecule has 1 atom stereocenters. The summed E-state index contributed by atoms with van der Waals surface area (Å²) in [6, 6.07) is 0. The van der Waals surface area contributed by atoms with Gasteiger partial charge in [0.2, 0.25) is 0 Å². The summed E-state index contributed by atoms with van der Waals surface area (Å²) in [5.74, 6) is -0.346. The molecule has 11 heavy (non-hydrogen) atoms. The molecule has 0 spiro atoms. The second-order valence-electron chi connectivity index (χ2n) is 2.29. The molecule has 0 aromatic heterocycles. The Morgan fingerprint density at radius 3 is 2.64 bits per heavy atom. The summed E-state index contributed by atoms with van der Waals surface area (Å²) in [5.41, 5.74) is 0. The number of aliphatic hydroxyl groups excluding tert-OH is 2. The Balaban J connectivity index is 3.16. The number of rotatable bonds is 5. The van der Waals surface area contributed by atoms with Gasteiger partial charge in [-0.2, -0.15) is 0 Å². The molecule has 0 saturated heterocycles. The first-order valence-electron chi connectivity index (χ1n) is 3.59. The maximum atomic E-state index is 10.2. The van der Waals surface area contributed by atoms with Crippen LogP contribution in [0.5, 0.6) is 0 Å². The monoisotopic (exact) mass is 162 g/mol. The van der Waals surface area contributed by atoms with E-state index in [-0.39, 0.29) is 19.2 Å². The minimum atomic E-state index is -0.570. The van der Waals surface area contributed by atoms with Crippen LogP contribution in [0.1, 0.15) is 19.8 Å². The van der Waals surface area contributed by atoms with Gasteiger partial charge in [0, 0.05) is 20.0 Å². The molecule has 2 N–H and O–H groups in total. The molecule has 0 aliphatic rings. The lowest BCUT2D eigenvalue weighted by atomic mass is 10.2. The molecule has 0 aromatic carbocycles. The van der Waals surface area contributed by atoms with E-state index in [1.54, 1.807) is 0 Å². The molecule has 0 aliphatic carbocycles. The van der Waals surface area contributed by atoms with Gasteiger partial charge < -0.3 is 14.9 Å². The first-order valence-corrected chi connectivity index (χ1v) is 3.59. The SMILES string of the molecule is CC(=O)OCCC(O)CCO. The fourth-order valence-corrected chi connectivity index (χ4v) is 0.632. The highest BCUT2D eigenvalue weighted by molar-refractivity contribution is 5.65. The van der Waals surface area contributed by atoms with E-state index in [9.17, 15) is 4.79 Å². The van der Waals surface area contributed by atoms with Crippen molar-refractivity contribution >= 4 is 5.97 Å². The maximum Gasteiger partial charge on any atom is 0.302 e. The Bertz CT molecular complexity index is 113. The van der Waals surface area contributed by atoms with Crippen molar-refractivity contribution in [3.8, 4) is 0 Å². The zero-order valence-electron chi connectivity index (χ0n) is 6.62. The van der Waals surface area contributed by atoms with Gasteiger partial charge in [0.15, 0.2) is 0 Å². The first kappa shape index (κ1) is 10.4. The second-order valence-corrected chi connectivity index (χ2v) is 2.29. The topological polar surface area (TPSA) is 66.8 Å². The summed E-state index contributed by atoms with van der Waals surface area (Å²) in [6.45, 7) is 1.50. The predicted molar refractivity (Wildman–Crippen MR) is 39.0 cm³/mol. The van der Waals surface area contributed by atoms with Gasteiger partial charge >= 0.3 is 5.97 Å². The molecule has 0 aliphatic heterocycles. The van der Waals surface area contributed by atoms with E-state index in [1.165, 1.54) is 6.92 Å². The fraction of sp³-hybridized carbons (Fsp3) is 0.857. The zero-order chi connectivity index (χ0) is 8.69. The largest absolute Gasteiger partial charge is 0.466 e. The van der Waals surface area contributed by atoms with E-state index < -0.39 is 6.10 Å². The number of esters is 1. The van der Waals surface area contributed by atoms with Crippen LogP contribution in [-0.4, -0.2) is 35.5 Å². The lowest BCUT2D eigenvalue weighted by Gasteiger charge is -2.07. The summed E-state index contributed by atoms with van der Waals surface area (Å²) < 4.78 is 4.58. The third-order valence-electron chi connectivity index (χ3n) is 1.22. The van der Waals surface area contributed by atoms with Gasteiger partial charge in [-0.15, -0.1) is 0 Å². The van der Waals surface area contributed by atoms with Gasteiger partial charge in [0.25, 0.3) is 0 Å². The Morgan fingerprint density at radius 2 is 2.18 bits per heavy atom. The maximum absolute atomic E-state index is 10.2. The van der Waals surface area contributed by atoms with E-state index in [0.717, 1.165) is 0 Å². The second kappa shape index (κ2) is 6.12. The Hall–Kier alpha value is -0.610.